The highest BCUT2D eigenvalue weighted by atomic mass is 79.9. The molecule has 3 aromatic rings. The second-order valence-electron chi connectivity index (χ2n) is 7.63. The molecule has 0 amide bonds. The molecule has 1 unspecified atom stereocenters. The zero-order chi connectivity index (χ0) is 21.2. The molecule has 3 aromatic carbocycles. The van der Waals surface area contributed by atoms with E-state index in [1.54, 1.807) is 7.11 Å². The highest BCUT2D eigenvalue weighted by Crippen LogP contribution is 2.43. The van der Waals surface area contributed by atoms with Crippen molar-refractivity contribution in [3.8, 4) is 23.0 Å². The molecule has 0 radical (unpaired) electrons. The highest BCUT2D eigenvalue weighted by molar-refractivity contribution is 9.10. The topological polar surface area (TPSA) is 49.0 Å². The molecule has 0 fully saturated rings. The van der Waals surface area contributed by atoms with E-state index in [1.165, 1.54) is 11.1 Å². The van der Waals surface area contributed by atoms with Gasteiger partial charge in [-0.3, -0.25) is 0 Å². The van der Waals surface area contributed by atoms with Crippen LogP contribution in [-0.4, -0.2) is 26.9 Å². The second kappa shape index (κ2) is 8.81. The van der Waals surface area contributed by atoms with Crippen molar-refractivity contribution >= 4 is 15.9 Å². The van der Waals surface area contributed by atoms with E-state index < -0.39 is 0 Å². The fourth-order valence-corrected chi connectivity index (χ4v) is 4.70. The summed E-state index contributed by atoms with van der Waals surface area (Å²) in [6, 6.07) is 18.4. The molecule has 0 spiro atoms. The number of hydrogen-bond donors (Lipinski definition) is 1. The van der Waals surface area contributed by atoms with E-state index in [-0.39, 0.29) is 6.04 Å². The van der Waals surface area contributed by atoms with Crippen LogP contribution in [0.15, 0.2) is 59.1 Å². The van der Waals surface area contributed by atoms with Crippen molar-refractivity contribution in [1.82, 2.24) is 5.32 Å². The summed E-state index contributed by atoms with van der Waals surface area (Å²) >= 11 is 3.77. The van der Waals surface area contributed by atoms with E-state index in [2.05, 4.69) is 33.4 Å². The van der Waals surface area contributed by atoms with Crippen LogP contribution in [0, 0.1) is 0 Å². The Labute approximate surface area is 190 Å². The van der Waals surface area contributed by atoms with Gasteiger partial charge in [0.25, 0.3) is 0 Å². The monoisotopic (exact) mass is 481 g/mol. The van der Waals surface area contributed by atoms with Crippen LogP contribution >= 0.6 is 15.9 Å². The van der Waals surface area contributed by atoms with Crippen LogP contribution in [0.3, 0.4) is 0 Å². The molecule has 5 nitrogen and oxygen atoms in total. The maximum Gasteiger partial charge on any atom is 0.162 e. The minimum Gasteiger partial charge on any atom is -0.493 e. The quantitative estimate of drug-likeness (QED) is 0.552. The van der Waals surface area contributed by atoms with Gasteiger partial charge in [0.2, 0.25) is 0 Å². The Bertz CT molecular complexity index is 1090. The molecule has 0 saturated heterocycles. The van der Waals surface area contributed by atoms with Gasteiger partial charge in [0.15, 0.2) is 23.0 Å². The number of nitrogens with one attached hydrogen (secondary N) is 1. The number of methoxy groups -OCH3 is 1. The van der Waals surface area contributed by atoms with E-state index in [9.17, 15) is 0 Å². The van der Waals surface area contributed by atoms with Crippen LogP contribution in [0.5, 0.6) is 23.0 Å². The van der Waals surface area contributed by atoms with Gasteiger partial charge in [0.05, 0.1) is 13.2 Å². The minimum atomic E-state index is 0.0195. The van der Waals surface area contributed by atoms with Gasteiger partial charge in [-0.25, -0.2) is 0 Å². The third-order valence-corrected chi connectivity index (χ3v) is 6.38. The van der Waals surface area contributed by atoms with Gasteiger partial charge in [-0.1, -0.05) is 46.3 Å². The van der Waals surface area contributed by atoms with Crippen LogP contribution in [0.1, 0.15) is 28.3 Å². The van der Waals surface area contributed by atoms with Crippen LogP contribution in [0.25, 0.3) is 0 Å². The normalized spacial score (nSPS) is 17.0. The number of rotatable bonds is 5. The lowest BCUT2D eigenvalue weighted by Crippen LogP contribution is -2.31. The molecule has 5 rings (SSSR count). The lowest BCUT2D eigenvalue weighted by Gasteiger charge is -2.31. The third-order valence-electron chi connectivity index (χ3n) is 5.69. The predicted octanol–water partition coefficient (Wildman–Crippen LogP) is 5.04. The van der Waals surface area contributed by atoms with Crippen molar-refractivity contribution in [3.05, 3.63) is 81.3 Å². The van der Waals surface area contributed by atoms with Crippen molar-refractivity contribution in [2.24, 2.45) is 0 Å². The number of hydrogen-bond acceptors (Lipinski definition) is 5. The van der Waals surface area contributed by atoms with Crippen LogP contribution in [-0.2, 0) is 13.0 Å². The molecule has 0 saturated carbocycles. The zero-order valence-electron chi connectivity index (χ0n) is 17.3. The largest absolute Gasteiger partial charge is 0.493 e. The summed E-state index contributed by atoms with van der Waals surface area (Å²) in [6.07, 6.45) is 0.954. The molecule has 2 aliphatic heterocycles. The first-order valence-corrected chi connectivity index (χ1v) is 11.2. The first-order chi connectivity index (χ1) is 15.2. The maximum absolute atomic E-state index is 6.07. The Balaban J connectivity index is 1.47. The van der Waals surface area contributed by atoms with Crippen molar-refractivity contribution in [2.75, 3.05) is 26.9 Å². The van der Waals surface area contributed by atoms with Crippen molar-refractivity contribution in [2.45, 2.75) is 19.1 Å². The SMILES string of the molecule is COc1cc(C2NCCc3cc4c(cc32)OCCO4)c(Br)cc1OCc1ccccc1. The zero-order valence-corrected chi connectivity index (χ0v) is 18.9. The van der Waals surface area contributed by atoms with Gasteiger partial charge in [-0.2, -0.15) is 0 Å². The summed E-state index contributed by atoms with van der Waals surface area (Å²) < 4.78 is 24.3. The molecule has 1 N–H and O–H groups in total. The van der Waals surface area contributed by atoms with Gasteiger partial charge in [0.1, 0.15) is 19.8 Å². The van der Waals surface area contributed by atoms with Gasteiger partial charge < -0.3 is 24.3 Å². The molecule has 160 valence electrons. The molecule has 0 bridgehead atoms. The molecule has 2 aliphatic rings. The van der Waals surface area contributed by atoms with Gasteiger partial charge in [-0.15, -0.1) is 0 Å². The van der Waals surface area contributed by atoms with Gasteiger partial charge in [0, 0.05) is 11.0 Å². The van der Waals surface area contributed by atoms with E-state index >= 15 is 0 Å². The Hall–Kier alpha value is -2.70. The summed E-state index contributed by atoms with van der Waals surface area (Å²) in [5.74, 6) is 3.07. The van der Waals surface area contributed by atoms with Gasteiger partial charge >= 0.3 is 0 Å². The Morgan fingerprint density at radius 1 is 0.968 bits per heavy atom. The number of halogens is 1. The summed E-state index contributed by atoms with van der Waals surface area (Å²) in [6.45, 7) is 2.55. The summed E-state index contributed by atoms with van der Waals surface area (Å²) in [7, 11) is 1.67. The number of fused-ring (bicyclic) bond motifs is 2. The van der Waals surface area contributed by atoms with Gasteiger partial charge in [-0.05, 0) is 52.9 Å². The fourth-order valence-electron chi connectivity index (χ4n) is 4.15. The fraction of sp³-hybridized carbons (Fsp3) is 0.280. The molecule has 0 aliphatic carbocycles. The van der Waals surface area contributed by atoms with Crippen molar-refractivity contribution < 1.29 is 18.9 Å². The van der Waals surface area contributed by atoms with Crippen molar-refractivity contribution in [1.29, 1.82) is 0 Å². The molecule has 0 aromatic heterocycles. The Kier molecular flexibility index (Phi) is 5.74. The highest BCUT2D eigenvalue weighted by Gasteiger charge is 2.27. The lowest BCUT2D eigenvalue weighted by molar-refractivity contribution is 0.171. The van der Waals surface area contributed by atoms with Crippen LogP contribution in [0.4, 0.5) is 0 Å². The standard InChI is InChI=1S/C25H24BrNO4/c1-28-21-13-19(20(26)14-24(21)31-15-16-5-3-2-4-6-16)25-18-12-23-22(29-9-10-30-23)11-17(18)7-8-27-25/h2-6,11-14,25,27H,7-10,15H2,1H3. The molecular formula is C25H24BrNO4. The lowest BCUT2D eigenvalue weighted by atomic mass is 9.89. The summed E-state index contributed by atoms with van der Waals surface area (Å²) in [5, 5.41) is 3.65. The van der Waals surface area contributed by atoms with E-state index in [0.29, 0.717) is 31.3 Å². The molecular weight excluding hydrogens is 458 g/mol. The average Bonchev–Trinajstić information content (AvgIpc) is 2.82. The average molecular weight is 482 g/mol. The first kappa shape index (κ1) is 20.2. The van der Waals surface area contributed by atoms with E-state index in [4.69, 9.17) is 18.9 Å². The molecule has 1 atom stereocenters. The Morgan fingerprint density at radius 3 is 2.52 bits per heavy atom. The Morgan fingerprint density at radius 2 is 1.74 bits per heavy atom. The van der Waals surface area contributed by atoms with E-state index in [0.717, 1.165) is 40.1 Å². The molecule has 6 heteroatoms. The number of benzene rings is 3. The van der Waals surface area contributed by atoms with Crippen molar-refractivity contribution in [3.63, 3.8) is 0 Å². The minimum absolute atomic E-state index is 0.0195. The number of ether oxygens (including phenoxy) is 4. The summed E-state index contributed by atoms with van der Waals surface area (Å²) in [4.78, 5) is 0. The molecule has 31 heavy (non-hydrogen) atoms. The summed E-state index contributed by atoms with van der Waals surface area (Å²) in [5.41, 5.74) is 4.70. The van der Waals surface area contributed by atoms with E-state index in [1.807, 2.05) is 42.5 Å². The second-order valence-corrected chi connectivity index (χ2v) is 8.49. The first-order valence-electron chi connectivity index (χ1n) is 10.4. The third kappa shape index (κ3) is 4.10. The molecule has 2 heterocycles. The predicted molar refractivity (Wildman–Crippen MR) is 122 cm³/mol. The maximum atomic E-state index is 6.07. The van der Waals surface area contributed by atoms with Crippen LogP contribution in [0.2, 0.25) is 0 Å². The van der Waals surface area contributed by atoms with Crippen LogP contribution < -0.4 is 24.3 Å². The smallest absolute Gasteiger partial charge is 0.162 e.